The second-order valence-electron chi connectivity index (χ2n) is 7.02. The number of amidine groups is 1. The number of nitrogens with zero attached hydrogens (tertiary/aromatic N) is 5. The lowest BCUT2D eigenvalue weighted by Crippen LogP contribution is -2.17. The van der Waals surface area contributed by atoms with E-state index in [2.05, 4.69) is 23.4 Å². The zero-order chi connectivity index (χ0) is 23.6. The van der Waals surface area contributed by atoms with Crippen LogP contribution in [0.15, 0.2) is 88.8 Å². The van der Waals surface area contributed by atoms with Gasteiger partial charge in [-0.2, -0.15) is 14.6 Å². The SMILES string of the molecule is CC#N.COc1ccc(-n2c(C)nsc2=NC(=Nc2ccc(C)cc2)c2ccccc2)cc1. The standard InChI is InChI=1S/C24H22N4OS.C2H3N/c1-17-9-11-20(12-10-17)25-23(19-7-5-4-6-8-19)26-24-28(18(2)27-30-24)21-13-15-22(29-3)16-14-21;1-2-3/h4-16H,1-3H3;1H3. The van der Waals surface area contributed by atoms with Crippen molar-refractivity contribution in [1.82, 2.24) is 8.94 Å². The predicted octanol–water partition coefficient (Wildman–Crippen LogP) is 5.77. The quantitative estimate of drug-likeness (QED) is 0.290. The van der Waals surface area contributed by atoms with Crippen LogP contribution in [0.1, 0.15) is 23.9 Å². The van der Waals surface area contributed by atoms with E-state index in [9.17, 15) is 0 Å². The number of aromatic nitrogens is 2. The molecule has 0 N–H and O–H groups in total. The molecule has 1 aromatic heterocycles. The van der Waals surface area contributed by atoms with E-state index in [1.807, 2.05) is 78.2 Å². The average molecular weight is 456 g/mol. The molecule has 0 amide bonds. The Hall–Kier alpha value is -4.02. The van der Waals surface area contributed by atoms with Crippen LogP contribution in [0.3, 0.4) is 0 Å². The highest BCUT2D eigenvalue weighted by Crippen LogP contribution is 2.17. The van der Waals surface area contributed by atoms with Crippen molar-refractivity contribution in [2.45, 2.75) is 20.8 Å². The van der Waals surface area contributed by atoms with Gasteiger partial charge < -0.3 is 4.74 Å². The van der Waals surface area contributed by atoms with Crippen LogP contribution in [0.2, 0.25) is 0 Å². The van der Waals surface area contributed by atoms with Gasteiger partial charge in [0, 0.05) is 29.7 Å². The highest BCUT2D eigenvalue weighted by atomic mass is 32.1. The fourth-order valence-electron chi connectivity index (χ4n) is 3.00. The van der Waals surface area contributed by atoms with Crippen molar-refractivity contribution < 1.29 is 4.74 Å². The zero-order valence-electron chi connectivity index (χ0n) is 19.1. The van der Waals surface area contributed by atoms with Gasteiger partial charge in [-0.05, 0) is 50.2 Å². The second kappa shape index (κ2) is 11.6. The van der Waals surface area contributed by atoms with Gasteiger partial charge in [-0.25, -0.2) is 4.99 Å². The summed E-state index contributed by atoms with van der Waals surface area (Å²) in [5.41, 5.74) is 3.98. The molecular weight excluding hydrogens is 430 g/mol. The fraction of sp³-hybridized carbons (Fsp3) is 0.154. The van der Waals surface area contributed by atoms with Crippen LogP contribution in [0.25, 0.3) is 5.69 Å². The van der Waals surface area contributed by atoms with Crippen molar-refractivity contribution in [1.29, 1.82) is 5.26 Å². The molecule has 33 heavy (non-hydrogen) atoms. The summed E-state index contributed by atoms with van der Waals surface area (Å²) in [7, 11) is 1.66. The maximum Gasteiger partial charge on any atom is 0.215 e. The van der Waals surface area contributed by atoms with Gasteiger partial charge >= 0.3 is 0 Å². The Bertz CT molecular complexity index is 1310. The lowest BCUT2D eigenvalue weighted by Gasteiger charge is -2.07. The Kier molecular flexibility index (Phi) is 8.28. The number of aryl methyl sites for hydroxylation is 2. The molecule has 0 aliphatic carbocycles. The summed E-state index contributed by atoms with van der Waals surface area (Å²) < 4.78 is 11.8. The number of hydrogen-bond acceptors (Lipinski definition) is 5. The van der Waals surface area contributed by atoms with Crippen LogP contribution in [-0.2, 0) is 0 Å². The molecule has 0 saturated heterocycles. The first-order chi connectivity index (χ1) is 16.0. The van der Waals surface area contributed by atoms with E-state index in [-0.39, 0.29) is 0 Å². The van der Waals surface area contributed by atoms with E-state index in [1.54, 1.807) is 13.2 Å². The van der Waals surface area contributed by atoms with Gasteiger partial charge in [-0.3, -0.25) is 4.57 Å². The maximum atomic E-state index is 7.32. The van der Waals surface area contributed by atoms with Crippen molar-refractivity contribution >= 4 is 23.1 Å². The number of rotatable bonds is 4. The van der Waals surface area contributed by atoms with Gasteiger partial charge in [0.1, 0.15) is 11.6 Å². The summed E-state index contributed by atoms with van der Waals surface area (Å²) in [4.78, 5) is 10.5. The molecule has 1 heterocycles. The van der Waals surface area contributed by atoms with E-state index in [1.165, 1.54) is 24.0 Å². The third-order valence-corrected chi connectivity index (χ3v) is 5.40. The van der Waals surface area contributed by atoms with Crippen molar-refractivity contribution in [2.75, 3.05) is 7.11 Å². The molecule has 0 spiro atoms. The third-order valence-electron chi connectivity index (χ3n) is 4.61. The van der Waals surface area contributed by atoms with Crippen LogP contribution >= 0.6 is 11.5 Å². The molecule has 0 aliphatic heterocycles. The molecule has 0 fully saturated rings. The Morgan fingerprint density at radius 3 is 2.21 bits per heavy atom. The summed E-state index contributed by atoms with van der Waals surface area (Å²) in [6, 6.07) is 27.7. The van der Waals surface area contributed by atoms with Gasteiger partial charge in [-0.15, -0.1) is 0 Å². The zero-order valence-corrected chi connectivity index (χ0v) is 19.9. The van der Waals surface area contributed by atoms with Gasteiger partial charge in [0.05, 0.1) is 18.9 Å². The van der Waals surface area contributed by atoms with Gasteiger partial charge in [0.25, 0.3) is 0 Å². The number of ether oxygens (including phenoxy) is 1. The summed E-state index contributed by atoms with van der Waals surface area (Å²) in [5.74, 6) is 2.32. The van der Waals surface area contributed by atoms with E-state index >= 15 is 0 Å². The molecule has 166 valence electrons. The number of hydrogen-bond donors (Lipinski definition) is 0. The van der Waals surface area contributed by atoms with Crippen LogP contribution in [0.4, 0.5) is 5.69 Å². The Morgan fingerprint density at radius 1 is 0.970 bits per heavy atom. The van der Waals surface area contributed by atoms with Crippen LogP contribution in [-0.4, -0.2) is 21.9 Å². The number of methoxy groups -OCH3 is 1. The summed E-state index contributed by atoms with van der Waals surface area (Å²) in [6.07, 6.45) is 0. The van der Waals surface area contributed by atoms with Crippen molar-refractivity contribution in [3.8, 4) is 17.5 Å². The lowest BCUT2D eigenvalue weighted by molar-refractivity contribution is 0.414. The van der Waals surface area contributed by atoms with Crippen LogP contribution in [0, 0.1) is 25.2 Å². The minimum absolute atomic E-state index is 0.644. The highest BCUT2D eigenvalue weighted by molar-refractivity contribution is 7.02. The summed E-state index contributed by atoms with van der Waals surface area (Å²) >= 11 is 1.35. The monoisotopic (exact) mass is 455 g/mol. The normalized spacial score (nSPS) is 11.4. The van der Waals surface area contributed by atoms with E-state index in [4.69, 9.17) is 20.0 Å². The predicted molar refractivity (Wildman–Crippen MR) is 133 cm³/mol. The average Bonchev–Trinajstić information content (AvgIpc) is 3.21. The minimum atomic E-state index is 0.644. The summed E-state index contributed by atoms with van der Waals surface area (Å²) in [6.45, 7) is 5.47. The molecule has 0 bridgehead atoms. The van der Waals surface area contributed by atoms with Crippen molar-refractivity contribution in [2.24, 2.45) is 9.98 Å². The smallest absolute Gasteiger partial charge is 0.215 e. The third kappa shape index (κ3) is 6.25. The number of nitriles is 1. The number of benzene rings is 3. The lowest BCUT2D eigenvalue weighted by atomic mass is 10.2. The summed E-state index contributed by atoms with van der Waals surface area (Å²) in [5, 5.41) is 7.32. The molecular formula is C26H25N5OS. The Labute approximate surface area is 198 Å². The largest absolute Gasteiger partial charge is 0.497 e. The first-order valence-corrected chi connectivity index (χ1v) is 11.1. The Morgan fingerprint density at radius 2 is 1.61 bits per heavy atom. The van der Waals surface area contributed by atoms with Gasteiger partial charge in [0.2, 0.25) is 4.80 Å². The molecule has 0 saturated carbocycles. The first kappa shape index (κ1) is 23.6. The molecule has 0 radical (unpaired) electrons. The van der Waals surface area contributed by atoms with E-state index < -0.39 is 0 Å². The molecule has 6 nitrogen and oxygen atoms in total. The molecule has 3 aromatic carbocycles. The van der Waals surface area contributed by atoms with E-state index in [0.29, 0.717) is 5.84 Å². The van der Waals surface area contributed by atoms with Crippen LogP contribution < -0.4 is 9.54 Å². The van der Waals surface area contributed by atoms with E-state index in [0.717, 1.165) is 33.3 Å². The second-order valence-corrected chi connectivity index (χ2v) is 7.75. The maximum absolute atomic E-state index is 7.32. The van der Waals surface area contributed by atoms with Gasteiger partial charge in [-0.1, -0.05) is 48.0 Å². The van der Waals surface area contributed by atoms with Gasteiger partial charge in [0.15, 0.2) is 5.84 Å². The molecule has 7 heteroatoms. The molecule has 0 aliphatic rings. The topological polar surface area (TPSA) is 75.6 Å². The van der Waals surface area contributed by atoms with Crippen molar-refractivity contribution in [3.05, 3.63) is 101 Å². The Balaban J connectivity index is 0.000000968. The molecule has 0 atom stereocenters. The molecule has 4 rings (SSSR count). The highest BCUT2D eigenvalue weighted by Gasteiger charge is 2.09. The molecule has 0 unspecified atom stereocenters. The first-order valence-electron chi connectivity index (χ1n) is 10.3. The molecule has 4 aromatic rings. The fourth-order valence-corrected chi connectivity index (χ4v) is 3.74. The number of aliphatic imine (C=N–C) groups is 1. The van der Waals surface area contributed by atoms with Crippen molar-refractivity contribution in [3.63, 3.8) is 0 Å². The minimum Gasteiger partial charge on any atom is -0.497 e. The van der Waals surface area contributed by atoms with Crippen LogP contribution in [0.5, 0.6) is 5.75 Å².